The number of hydrogen-bond acceptors (Lipinski definition) is 4. The highest BCUT2D eigenvalue weighted by Crippen LogP contribution is 2.37. The highest BCUT2D eigenvalue weighted by molar-refractivity contribution is 5.81. The van der Waals surface area contributed by atoms with Gasteiger partial charge < -0.3 is 14.6 Å². The van der Waals surface area contributed by atoms with Crippen molar-refractivity contribution in [2.45, 2.75) is 52.4 Å². The molecular formula is C22H31NO5. The van der Waals surface area contributed by atoms with Crippen molar-refractivity contribution < 1.29 is 24.2 Å². The van der Waals surface area contributed by atoms with E-state index >= 15 is 0 Å². The van der Waals surface area contributed by atoms with Crippen LogP contribution in [0, 0.1) is 11.8 Å². The summed E-state index contributed by atoms with van der Waals surface area (Å²) >= 11 is 0. The molecule has 3 atom stereocenters. The molecule has 0 radical (unpaired) electrons. The zero-order chi connectivity index (χ0) is 20.9. The Hall–Kier alpha value is -2.34. The molecule has 0 bridgehead atoms. The molecule has 0 spiro atoms. The van der Waals surface area contributed by atoms with Gasteiger partial charge in [0.05, 0.1) is 5.60 Å². The van der Waals surface area contributed by atoms with Crippen molar-refractivity contribution in [1.82, 2.24) is 4.90 Å². The first kappa shape index (κ1) is 22.0. The van der Waals surface area contributed by atoms with Gasteiger partial charge in [-0.2, -0.15) is 0 Å². The van der Waals surface area contributed by atoms with E-state index in [4.69, 9.17) is 9.47 Å². The van der Waals surface area contributed by atoms with Crippen LogP contribution in [0.2, 0.25) is 0 Å². The Morgan fingerprint density at radius 1 is 1.25 bits per heavy atom. The second-order valence-corrected chi connectivity index (χ2v) is 8.34. The minimum absolute atomic E-state index is 0.103. The van der Waals surface area contributed by atoms with E-state index in [0.29, 0.717) is 19.6 Å². The third-order valence-electron chi connectivity index (χ3n) is 4.96. The van der Waals surface area contributed by atoms with Gasteiger partial charge in [-0.3, -0.25) is 4.90 Å². The Morgan fingerprint density at radius 2 is 1.89 bits per heavy atom. The minimum atomic E-state index is -1.03. The number of amides is 1. The van der Waals surface area contributed by atoms with Gasteiger partial charge in [-0.15, -0.1) is 0 Å². The molecule has 6 nitrogen and oxygen atoms in total. The first-order valence-electron chi connectivity index (χ1n) is 9.59. The number of benzene rings is 1. The van der Waals surface area contributed by atoms with E-state index in [2.05, 4.69) is 6.58 Å². The maximum absolute atomic E-state index is 12.7. The van der Waals surface area contributed by atoms with Gasteiger partial charge in [0.2, 0.25) is 0 Å². The van der Waals surface area contributed by atoms with Crippen LogP contribution in [-0.2, 0) is 20.9 Å². The number of carboxylic acids is 1. The molecule has 1 aromatic rings. The monoisotopic (exact) mass is 389 g/mol. The van der Waals surface area contributed by atoms with Crippen molar-refractivity contribution in [1.29, 1.82) is 0 Å². The summed E-state index contributed by atoms with van der Waals surface area (Å²) in [5, 5.41) is 9.83. The second kappa shape index (κ2) is 9.24. The predicted molar refractivity (Wildman–Crippen MR) is 107 cm³/mol. The van der Waals surface area contributed by atoms with Gasteiger partial charge in [-0.1, -0.05) is 42.5 Å². The molecule has 1 N–H and O–H groups in total. The van der Waals surface area contributed by atoms with Gasteiger partial charge >= 0.3 is 12.1 Å². The van der Waals surface area contributed by atoms with E-state index in [0.717, 1.165) is 11.1 Å². The van der Waals surface area contributed by atoms with Gasteiger partial charge in [0.25, 0.3) is 0 Å². The quantitative estimate of drug-likeness (QED) is 0.711. The average Bonchev–Trinajstić information content (AvgIpc) is 2.99. The average molecular weight is 389 g/mol. The smallest absolute Gasteiger partial charge is 0.410 e. The van der Waals surface area contributed by atoms with Crippen molar-refractivity contribution in [2.24, 2.45) is 11.8 Å². The molecule has 1 saturated heterocycles. The molecule has 0 unspecified atom stereocenters. The zero-order valence-electron chi connectivity index (χ0n) is 17.2. The van der Waals surface area contributed by atoms with Crippen molar-refractivity contribution in [3.8, 4) is 0 Å². The summed E-state index contributed by atoms with van der Waals surface area (Å²) in [6.07, 6.45) is -0.0736. The molecular weight excluding hydrogens is 358 g/mol. The van der Waals surface area contributed by atoms with Crippen LogP contribution in [0.15, 0.2) is 42.5 Å². The van der Waals surface area contributed by atoms with Gasteiger partial charge in [0.1, 0.15) is 12.6 Å². The van der Waals surface area contributed by atoms with E-state index in [1.54, 1.807) is 0 Å². The SMILES string of the molecule is C=C(C)[C@H]1CN(C(=O)OCc2ccccc2)[C@H](C(=O)O)[C@H]1CCOC(C)(C)C. The molecule has 0 aliphatic carbocycles. The number of ether oxygens (including phenoxy) is 2. The van der Waals surface area contributed by atoms with E-state index in [-0.39, 0.29) is 24.0 Å². The summed E-state index contributed by atoms with van der Waals surface area (Å²) < 4.78 is 11.2. The zero-order valence-corrected chi connectivity index (χ0v) is 17.2. The van der Waals surface area contributed by atoms with E-state index < -0.39 is 18.1 Å². The molecule has 1 aliphatic heterocycles. The summed E-state index contributed by atoms with van der Waals surface area (Å²) in [6.45, 7) is 12.6. The lowest BCUT2D eigenvalue weighted by molar-refractivity contribution is -0.143. The van der Waals surface area contributed by atoms with Gasteiger partial charge in [-0.05, 0) is 39.7 Å². The van der Waals surface area contributed by atoms with Crippen molar-refractivity contribution >= 4 is 12.1 Å². The number of nitrogens with zero attached hydrogens (tertiary/aromatic N) is 1. The van der Waals surface area contributed by atoms with Gasteiger partial charge in [0, 0.05) is 25.0 Å². The summed E-state index contributed by atoms with van der Waals surface area (Å²) in [5.41, 5.74) is 1.42. The molecule has 28 heavy (non-hydrogen) atoms. The van der Waals surface area contributed by atoms with Crippen molar-refractivity contribution in [2.75, 3.05) is 13.2 Å². The first-order chi connectivity index (χ1) is 13.1. The molecule has 2 rings (SSSR count). The van der Waals surface area contributed by atoms with Crippen LogP contribution in [0.25, 0.3) is 0 Å². The summed E-state index contributed by atoms with van der Waals surface area (Å²) in [6, 6.07) is 8.37. The van der Waals surface area contributed by atoms with Crippen LogP contribution in [0.3, 0.4) is 0 Å². The Labute approximate surface area is 167 Å². The molecule has 1 aromatic carbocycles. The molecule has 154 valence electrons. The highest BCUT2D eigenvalue weighted by atomic mass is 16.6. The summed E-state index contributed by atoms with van der Waals surface area (Å²) in [5.74, 6) is -1.39. The third kappa shape index (κ3) is 5.83. The molecule has 1 heterocycles. The lowest BCUT2D eigenvalue weighted by Gasteiger charge is -2.26. The van der Waals surface area contributed by atoms with Crippen LogP contribution in [0.1, 0.15) is 39.7 Å². The molecule has 1 amide bonds. The highest BCUT2D eigenvalue weighted by Gasteiger charge is 2.48. The number of likely N-dealkylation sites (tertiary alicyclic amines) is 1. The number of carbonyl (C=O) groups is 2. The Balaban J connectivity index is 2.10. The lowest BCUT2D eigenvalue weighted by Crippen LogP contribution is -2.43. The summed E-state index contributed by atoms with van der Waals surface area (Å²) in [7, 11) is 0. The normalized spacial score (nSPS) is 22.1. The van der Waals surface area contributed by atoms with Crippen LogP contribution in [0.4, 0.5) is 4.79 Å². The minimum Gasteiger partial charge on any atom is -0.480 e. The van der Waals surface area contributed by atoms with Crippen LogP contribution < -0.4 is 0 Å². The number of rotatable bonds is 7. The fourth-order valence-corrected chi connectivity index (χ4v) is 3.60. The van der Waals surface area contributed by atoms with Gasteiger partial charge in [-0.25, -0.2) is 9.59 Å². The third-order valence-corrected chi connectivity index (χ3v) is 4.96. The Kier molecular flexibility index (Phi) is 7.24. The summed E-state index contributed by atoms with van der Waals surface area (Å²) in [4.78, 5) is 26.0. The van der Waals surface area contributed by atoms with Crippen LogP contribution in [0.5, 0.6) is 0 Å². The van der Waals surface area contributed by atoms with E-state index in [1.807, 2.05) is 58.0 Å². The molecule has 1 fully saturated rings. The Bertz CT molecular complexity index is 695. The lowest BCUT2D eigenvalue weighted by atomic mass is 9.84. The predicted octanol–water partition coefficient (Wildman–Crippen LogP) is 4.11. The van der Waals surface area contributed by atoms with Crippen LogP contribution >= 0.6 is 0 Å². The van der Waals surface area contributed by atoms with Crippen molar-refractivity contribution in [3.05, 3.63) is 48.0 Å². The standard InChI is InChI=1S/C22H31NO5/c1-15(2)18-13-23(21(26)27-14-16-9-7-6-8-10-16)19(20(24)25)17(18)11-12-28-22(3,4)5/h6-10,17-19H,1,11-14H2,2-5H3,(H,24,25)/t17-,18+,19-/m0/s1. The molecule has 0 saturated carbocycles. The number of carboxylic acid groups (broad SMARTS) is 1. The molecule has 0 aromatic heterocycles. The second-order valence-electron chi connectivity index (χ2n) is 8.34. The topological polar surface area (TPSA) is 76.1 Å². The maximum atomic E-state index is 12.7. The largest absolute Gasteiger partial charge is 0.480 e. The molecule has 6 heteroatoms. The number of aliphatic carboxylic acids is 1. The van der Waals surface area contributed by atoms with E-state index in [9.17, 15) is 14.7 Å². The number of hydrogen-bond donors (Lipinski definition) is 1. The van der Waals surface area contributed by atoms with Crippen LogP contribution in [-0.4, -0.2) is 46.9 Å². The first-order valence-corrected chi connectivity index (χ1v) is 9.59. The fraction of sp³-hybridized carbons (Fsp3) is 0.545. The van der Waals surface area contributed by atoms with Gasteiger partial charge in [0.15, 0.2) is 0 Å². The Morgan fingerprint density at radius 3 is 2.43 bits per heavy atom. The maximum Gasteiger partial charge on any atom is 0.410 e. The molecule has 1 aliphatic rings. The van der Waals surface area contributed by atoms with E-state index in [1.165, 1.54) is 4.90 Å². The fourth-order valence-electron chi connectivity index (χ4n) is 3.60. The van der Waals surface area contributed by atoms with Crippen molar-refractivity contribution in [3.63, 3.8) is 0 Å². The number of carbonyl (C=O) groups excluding carboxylic acids is 1.